The first-order chi connectivity index (χ1) is 12.7. The molecule has 2 heterocycles. The van der Waals surface area contributed by atoms with Crippen LogP contribution in [0.2, 0.25) is 0 Å². The van der Waals surface area contributed by atoms with Gasteiger partial charge in [-0.1, -0.05) is 30.3 Å². The molecule has 1 aromatic rings. The van der Waals surface area contributed by atoms with Gasteiger partial charge in [0.1, 0.15) is 6.61 Å². The third-order valence-corrected chi connectivity index (χ3v) is 6.44. The highest BCUT2D eigenvalue weighted by atomic mass is 16.5. The molecule has 5 heteroatoms. The topological polar surface area (TPSA) is 53.0 Å². The van der Waals surface area contributed by atoms with E-state index in [4.69, 9.17) is 4.74 Å². The van der Waals surface area contributed by atoms with Crippen molar-refractivity contribution in [2.75, 3.05) is 53.0 Å². The molecule has 144 valence electrons. The van der Waals surface area contributed by atoms with Gasteiger partial charge in [-0.05, 0) is 49.8 Å². The van der Waals surface area contributed by atoms with Crippen LogP contribution in [0.15, 0.2) is 30.3 Å². The minimum atomic E-state index is 0.0427. The summed E-state index contributed by atoms with van der Waals surface area (Å²) < 4.78 is 4.98. The highest BCUT2D eigenvalue weighted by Crippen LogP contribution is 2.45. The summed E-state index contributed by atoms with van der Waals surface area (Å²) in [6.45, 7) is 5.05. The van der Waals surface area contributed by atoms with Crippen molar-refractivity contribution in [3.63, 3.8) is 0 Å². The number of nitrogens with zero attached hydrogens (tertiary/aromatic N) is 2. The smallest absolute Gasteiger partial charge is 0.248 e. The molecule has 1 unspecified atom stereocenters. The Morgan fingerprint density at radius 2 is 1.88 bits per heavy atom. The quantitative estimate of drug-likeness (QED) is 0.841. The third-order valence-electron chi connectivity index (χ3n) is 6.44. The van der Waals surface area contributed by atoms with Crippen LogP contribution < -0.4 is 0 Å². The molecule has 1 spiro atoms. The van der Waals surface area contributed by atoms with E-state index in [1.165, 1.54) is 5.56 Å². The van der Waals surface area contributed by atoms with Crippen LogP contribution in [-0.4, -0.2) is 73.9 Å². The van der Waals surface area contributed by atoms with E-state index in [9.17, 15) is 9.90 Å². The summed E-state index contributed by atoms with van der Waals surface area (Å²) in [7, 11) is 1.55. The summed E-state index contributed by atoms with van der Waals surface area (Å²) in [6.07, 6.45) is 4.34. The first-order valence-electron chi connectivity index (χ1n) is 9.81. The van der Waals surface area contributed by atoms with Gasteiger partial charge in [0, 0.05) is 39.3 Å². The summed E-state index contributed by atoms with van der Waals surface area (Å²) in [5.41, 5.74) is 1.59. The standard InChI is InChI=1S/C21H32N2O3/c1-26-17-20(25)23-14-10-21(19(15-23)16-24)8-12-22(13-9-21)11-7-18-5-3-2-4-6-18/h2-6,19,24H,7-17H2,1H3. The SMILES string of the molecule is COCC(=O)N1CCC2(CCN(CCc3ccccc3)CC2)C(CO)C1. The van der Waals surface area contributed by atoms with E-state index in [2.05, 4.69) is 35.2 Å². The van der Waals surface area contributed by atoms with Gasteiger partial charge in [-0.25, -0.2) is 0 Å². The Labute approximate surface area is 156 Å². The number of rotatable bonds is 6. The van der Waals surface area contributed by atoms with Gasteiger partial charge in [0.25, 0.3) is 0 Å². The van der Waals surface area contributed by atoms with Gasteiger partial charge >= 0.3 is 0 Å². The lowest BCUT2D eigenvalue weighted by Crippen LogP contribution is -2.55. The Kier molecular flexibility index (Phi) is 6.68. The van der Waals surface area contributed by atoms with E-state index in [0.717, 1.165) is 51.9 Å². The molecule has 0 aliphatic carbocycles. The van der Waals surface area contributed by atoms with Gasteiger partial charge in [0.2, 0.25) is 5.91 Å². The van der Waals surface area contributed by atoms with Crippen LogP contribution >= 0.6 is 0 Å². The molecule has 1 amide bonds. The maximum absolute atomic E-state index is 12.1. The van der Waals surface area contributed by atoms with Crippen molar-refractivity contribution in [2.45, 2.75) is 25.7 Å². The molecular formula is C21H32N2O3. The number of ether oxygens (including phenoxy) is 1. The zero-order valence-corrected chi connectivity index (χ0v) is 15.9. The fraction of sp³-hybridized carbons (Fsp3) is 0.667. The molecule has 2 aliphatic heterocycles. The van der Waals surface area contributed by atoms with Gasteiger partial charge in [-0.3, -0.25) is 4.79 Å². The van der Waals surface area contributed by atoms with Crippen LogP contribution in [0, 0.1) is 11.3 Å². The number of hydrogen-bond acceptors (Lipinski definition) is 4. The number of aliphatic hydroxyl groups excluding tert-OH is 1. The molecule has 2 fully saturated rings. The van der Waals surface area contributed by atoms with Crippen molar-refractivity contribution in [2.24, 2.45) is 11.3 Å². The second-order valence-corrected chi connectivity index (χ2v) is 7.84. The van der Waals surface area contributed by atoms with E-state index in [1.807, 2.05) is 4.90 Å². The Morgan fingerprint density at radius 1 is 1.19 bits per heavy atom. The van der Waals surface area contributed by atoms with Crippen molar-refractivity contribution in [3.05, 3.63) is 35.9 Å². The van der Waals surface area contributed by atoms with Crippen molar-refractivity contribution in [1.29, 1.82) is 0 Å². The molecule has 1 atom stereocenters. The first kappa shape index (κ1) is 19.3. The molecular weight excluding hydrogens is 328 g/mol. The number of piperidine rings is 2. The second kappa shape index (κ2) is 8.98. The predicted octanol–water partition coefficient (Wildman–Crippen LogP) is 1.80. The molecule has 2 aliphatic rings. The normalized spacial score (nSPS) is 23.3. The van der Waals surface area contributed by atoms with Gasteiger partial charge in [0.05, 0.1) is 0 Å². The summed E-state index contributed by atoms with van der Waals surface area (Å²) in [5.74, 6) is 0.231. The molecule has 3 rings (SSSR count). The summed E-state index contributed by atoms with van der Waals surface area (Å²) in [6, 6.07) is 10.7. The number of benzene rings is 1. The Morgan fingerprint density at radius 3 is 2.54 bits per heavy atom. The summed E-state index contributed by atoms with van der Waals surface area (Å²) in [5, 5.41) is 9.97. The lowest BCUT2D eigenvalue weighted by Gasteiger charge is -2.51. The Bertz CT molecular complexity index is 570. The van der Waals surface area contributed by atoms with Gasteiger partial charge in [0.15, 0.2) is 0 Å². The van der Waals surface area contributed by atoms with Crippen LogP contribution in [0.5, 0.6) is 0 Å². The van der Waals surface area contributed by atoms with Crippen molar-refractivity contribution < 1.29 is 14.6 Å². The number of carbonyl (C=O) groups is 1. The minimum Gasteiger partial charge on any atom is -0.396 e. The maximum atomic E-state index is 12.1. The summed E-state index contributed by atoms with van der Waals surface area (Å²) in [4.78, 5) is 16.5. The largest absolute Gasteiger partial charge is 0.396 e. The van der Waals surface area contributed by atoms with Crippen LogP contribution in [0.1, 0.15) is 24.8 Å². The van der Waals surface area contributed by atoms with E-state index in [1.54, 1.807) is 7.11 Å². The van der Waals surface area contributed by atoms with Crippen molar-refractivity contribution >= 4 is 5.91 Å². The zero-order chi connectivity index (χ0) is 18.4. The molecule has 1 N–H and O–H groups in total. The van der Waals surface area contributed by atoms with Gasteiger partial charge in [-0.15, -0.1) is 0 Å². The van der Waals surface area contributed by atoms with Crippen LogP contribution in [0.3, 0.4) is 0 Å². The maximum Gasteiger partial charge on any atom is 0.248 e. The number of carbonyl (C=O) groups excluding carboxylic acids is 1. The highest BCUT2D eigenvalue weighted by Gasteiger charge is 2.45. The fourth-order valence-corrected chi connectivity index (χ4v) is 4.62. The van der Waals surface area contributed by atoms with E-state index in [0.29, 0.717) is 6.54 Å². The average Bonchev–Trinajstić information content (AvgIpc) is 2.69. The third kappa shape index (κ3) is 4.45. The lowest BCUT2D eigenvalue weighted by atomic mass is 9.64. The Balaban J connectivity index is 1.51. The summed E-state index contributed by atoms with van der Waals surface area (Å²) >= 11 is 0. The number of likely N-dealkylation sites (tertiary alicyclic amines) is 2. The second-order valence-electron chi connectivity index (χ2n) is 7.84. The number of methoxy groups -OCH3 is 1. The number of aliphatic hydroxyl groups is 1. The molecule has 2 saturated heterocycles. The van der Waals surface area contributed by atoms with Crippen LogP contribution in [0.4, 0.5) is 0 Å². The van der Waals surface area contributed by atoms with Gasteiger partial charge in [-0.2, -0.15) is 0 Å². The predicted molar refractivity (Wildman–Crippen MR) is 102 cm³/mol. The molecule has 0 radical (unpaired) electrons. The monoisotopic (exact) mass is 360 g/mol. The highest BCUT2D eigenvalue weighted by molar-refractivity contribution is 5.77. The molecule has 0 bridgehead atoms. The Hall–Kier alpha value is -1.43. The van der Waals surface area contributed by atoms with E-state index >= 15 is 0 Å². The van der Waals surface area contributed by atoms with Crippen molar-refractivity contribution in [3.8, 4) is 0 Å². The molecule has 26 heavy (non-hydrogen) atoms. The van der Waals surface area contributed by atoms with Crippen LogP contribution in [-0.2, 0) is 16.0 Å². The molecule has 5 nitrogen and oxygen atoms in total. The van der Waals surface area contributed by atoms with Gasteiger partial charge < -0.3 is 19.6 Å². The molecule has 0 saturated carbocycles. The van der Waals surface area contributed by atoms with Crippen LogP contribution in [0.25, 0.3) is 0 Å². The number of hydrogen-bond donors (Lipinski definition) is 1. The van der Waals surface area contributed by atoms with E-state index < -0.39 is 0 Å². The lowest BCUT2D eigenvalue weighted by molar-refractivity contribution is -0.141. The number of amides is 1. The minimum absolute atomic E-state index is 0.0427. The fourth-order valence-electron chi connectivity index (χ4n) is 4.62. The average molecular weight is 360 g/mol. The molecule has 1 aromatic carbocycles. The van der Waals surface area contributed by atoms with Crippen molar-refractivity contribution in [1.82, 2.24) is 9.80 Å². The molecule has 0 aromatic heterocycles. The first-order valence-corrected chi connectivity index (χ1v) is 9.81. The van der Waals surface area contributed by atoms with E-state index in [-0.39, 0.29) is 30.5 Å². The zero-order valence-electron chi connectivity index (χ0n) is 15.9.